The molecule has 0 N–H and O–H groups in total. The average Bonchev–Trinajstić information content (AvgIpc) is 3.98. The van der Waals surface area contributed by atoms with E-state index in [0.717, 1.165) is 106 Å². The van der Waals surface area contributed by atoms with Crippen molar-refractivity contribution in [2.45, 2.75) is 84.5 Å². The third-order valence-corrected chi connectivity index (χ3v) is 13.4. The summed E-state index contributed by atoms with van der Waals surface area (Å²) in [4.78, 5) is 37.8. The molecule has 4 heterocycles. The van der Waals surface area contributed by atoms with Gasteiger partial charge < -0.3 is 24.0 Å². The number of nitriles is 1. The van der Waals surface area contributed by atoms with Crippen LogP contribution in [0.2, 0.25) is 0 Å². The first kappa shape index (κ1) is 41.0. The molecule has 2 saturated heterocycles. The molecule has 2 aromatic rings. The van der Waals surface area contributed by atoms with Crippen LogP contribution < -0.4 is 9.47 Å². The van der Waals surface area contributed by atoms with Gasteiger partial charge in [-0.25, -0.2) is 0 Å². The van der Waals surface area contributed by atoms with E-state index in [1.807, 2.05) is 24.9 Å². The fourth-order valence-electron chi connectivity index (χ4n) is 9.77. The van der Waals surface area contributed by atoms with Gasteiger partial charge in [-0.3, -0.25) is 24.3 Å². The molecule has 3 fully saturated rings. The number of carbonyl (C=O) groups excluding carboxylic acids is 2. The lowest BCUT2D eigenvalue weighted by Crippen LogP contribution is -2.54. The molecule has 2 atom stereocenters. The monoisotopic (exact) mass is 778 g/mol. The van der Waals surface area contributed by atoms with Gasteiger partial charge in [-0.2, -0.15) is 5.26 Å². The molecule has 57 heavy (non-hydrogen) atoms. The van der Waals surface area contributed by atoms with Crippen molar-refractivity contribution >= 4 is 11.8 Å². The summed E-state index contributed by atoms with van der Waals surface area (Å²) in [5.74, 6) is 1.66. The van der Waals surface area contributed by atoms with Crippen molar-refractivity contribution in [3.8, 4) is 17.6 Å². The molecule has 5 aliphatic rings. The van der Waals surface area contributed by atoms with Crippen LogP contribution in [0.25, 0.3) is 0 Å². The Morgan fingerprint density at radius 3 is 2.35 bits per heavy atom. The third kappa shape index (κ3) is 8.52. The summed E-state index contributed by atoms with van der Waals surface area (Å²) < 4.78 is 17.6. The second-order valence-corrected chi connectivity index (χ2v) is 17.8. The molecule has 7 rings (SSSR count). The number of rotatable bonds is 11. The van der Waals surface area contributed by atoms with Gasteiger partial charge in [-0.05, 0) is 79.8 Å². The van der Waals surface area contributed by atoms with Crippen molar-refractivity contribution in [1.29, 1.82) is 5.26 Å². The summed E-state index contributed by atoms with van der Waals surface area (Å²) in [6.07, 6.45) is 5.01. The molecule has 1 spiro atoms. The van der Waals surface area contributed by atoms with E-state index < -0.39 is 0 Å². The van der Waals surface area contributed by atoms with Crippen molar-refractivity contribution in [3.05, 3.63) is 80.9 Å². The Morgan fingerprint density at radius 1 is 1.00 bits per heavy atom. The summed E-state index contributed by atoms with van der Waals surface area (Å²) in [6, 6.07) is 13.3. The fourth-order valence-corrected chi connectivity index (χ4v) is 9.77. The van der Waals surface area contributed by atoms with Crippen LogP contribution in [0.5, 0.6) is 11.5 Å². The van der Waals surface area contributed by atoms with Crippen LogP contribution in [-0.2, 0) is 33.8 Å². The number of nitrogens with zero attached hydrogens (tertiary/aromatic N) is 6. The van der Waals surface area contributed by atoms with E-state index in [1.54, 1.807) is 19.1 Å². The van der Waals surface area contributed by atoms with Crippen LogP contribution in [-0.4, -0.2) is 129 Å². The lowest BCUT2D eigenvalue weighted by atomic mass is 9.85. The topological polar surface area (TPSA) is 102 Å². The Hall–Kier alpha value is -4.21. The first-order chi connectivity index (χ1) is 27.3. The number of carbonyl (C=O) groups is 2. The highest BCUT2D eigenvalue weighted by Crippen LogP contribution is 2.47. The zero-order chi connectivity index (χ0) is 40.6. The van der Waals surface area contributed by atoms with Crippen LogP contribution in [0.1, 0.15) is 87.2 Å². The minimum Gasteiger partial charge on any atom is -0.496 e. The first-order valence-corrected chi connectivity index (χ1v) is 20.8. The second-order valence-electron chi connectivity index (χ2n) is 17.8. The van der Waals surface area contributed by atoms with Crippen LogP contribution >= 0.6 is 0 Å². The van der Waals surface area contributed by atoms with Crippen molar-refractivity contribution in [2.24, 2.45) is 5.41 Å². The number of piperazine rings is 1. The summed E-state index contributed by atoms with van der Waals surface area (Å²) in [5.41, 5.74) is 7.87. The molecular weight excluding hydrogens is 717 g/mol. The number of morpholine rings is 1. The molecule has 0 aromatic heterocycles. The number of ether oxygens (including phenoxy) is 3. The van der Waals surface area contributed by atoms with Gasteiger partial charge in [0.15, 0.2) is 0 Å². The average molecular weight is 779 g/mol. The molecule has 1 aliphatic carbocycles. The summed E-state index contributed by atoms with van der Waals surface area (Å²) >= 11 is 0. The molecule has 4 aliphatic heterocycles. The van der Waals surface area contributed by atoms with Crippen LogP contribution in [0.3, 0.4) is 0 Å². The van der Waals surface area contributed by atoms with Crippen molar-refractivity contribution in [1.82, 2.24) is 24.5 Å². The predicted molar refractivity (Wildman–Crippen MR) is 221 cm³/mol. The van der Waals surface area contributed by atoms with E-state index in [1.165, 1.54) is 29.5 Å². The minimum atomic E-state index is -0.320. The second kappa shape index (κ2) is 16.6. The standard InChI is InChI=1S/C46H62N6O5/c1-31-32(2)43(53)48(6)27-39(31)36-22-41(55-7)40(42(23-36)56-8)28-50-15-16-51(46(30-50)12-13-46)26-34-9-10-35-11-14-52(33(3)38(35)21-34)44(54)37(25-47)24-45(4,5)29-49-17-19-57-20-18-49/h9-10,21-24,33,39H,11-20,26-30H2,1-8H3/b37-24+/t33-,39?/m1/s1. The SMILES string of the molecule is COc1cc(C2CN(C)C(=O)C(C)=C2C)cc(OC)c1CN1CCN(Cc2ccc3c(c2)[C@@H](C)N(C(=O)/C(C#N)=C/C(C)(C)CN2CCOCC2)CC3)C2(CC2)C1. The van der Waals surface area contributed by atoms with Gasteiger partial charge in [-0.1, -0.05) is 43.7 Å². The van der Waals surface area contributed by atoms with E-state index in [4.69, 9.17) is 14.2 Å². The molecule has 0 bridgehead atoms. The van der Waals surface area contributed by atoms with Gasteiger partial charge in [0, 0.05) is 89.5 Å². The Kier molecular flexibility index (Phi) is 11.9. The van der Waals surface area contributed by atoms with E-state index in [0.29, 0.717) is 13.1 Å². The normalized spacial score (nSPS) is 23.4. The molecule has 1 saturated carbocycles. The fraction of sp³-hybridized carbons (Fsp3) is 0.587. The molecule has 11 heteroatoms. The lowest BCUT2D eigenvalue weighted by molar-refractivity contribution is -0.129. The largest absolute Gasteiger partial charge is 0.496 e. The van der Waals surface area contributed by atoms with Gasteiger partial charge in [0.1, 0.15) is 23.1 Å². The molecule has 2 aromatic carbocycles. The van der Waals surface area contributed by atoms with Crippen molar-refractivity contribution in [2.75, 3.05) is 86.8 Å². The zero-order valence-corrected chi connectivity index (χ0v) is 35.4. The number of methoxy groups -OCH3 is 2. The predicted octanol–water partition coefficient (Wildman–Crippen LogP) is 5.70. The Labute approximate surface area is 339 Å². The van der Waals surface area contributed by atoms with Crippen LogP contribution in [0.15, 0.2) is 53.1 Å². The summed E-state index contributed by atoms with van der Waals surface area (Å²) in [5, 5.41) is 10.2. The van der Waals surface area contributed by atoms with E-state index in [-0.39, 0.29) is 40.3 Å². The zero-order valence-electron chi connectivity index (χ0n) is 35.4. The Balaban J connectivity index is 1.02. The van der Waals surface area contributed by atoms with Crippen molar-refractivity contribution in [3.63, 3.8) is 0 Å². The highest BCUT2D eigenvalue weighted by atomic mass is 16.5. The highest BCUT2D eigenvalue weighted by Gasteiger charge is 2.51. The Bertz CT molecular complexity index is 1950. The lowest BCUT2D eigenvalue weighted by Gasteiger charge is -2.43. The van der Waals surface area contributed by atoms with Gasteiger partial charge in [0.05, 0.1) is 39.0 Å². The smallest absolute Gasteiger partial charge is 0.264 e. The summed E-state index contributed by atoms with van der Waals surface area (Å²) in [7, 11) is 5.33. The quantitative estimate of drug-likeness (QED) is 0.210. The highest BCUT2D eigenvalue weighted by molar-refractivity contribution is 5.98. The maximum atomic E-state index is 14.0. The number of benzene rings is 2. The number of likely N-dealkylation sites (N-methyl/N-ethyl adjacent to an activating group) is 1. The molecule has 11 nitrogen and oxygen atoms in total. The van der Waals surface area contributed by atoms with E-state index >= 15 is 0 Å². The number of fused-ring (bicyclic) bond motifs is 1. The maximum Gasteiger partial charge on any atom is 0.264 e. The first-order valence-electron chi connectivity index (χ1n) is 20.8. The van der Waals surface area contributed by atoms with Crippen LogP contribution in [0, 0.1) is 16.7 Å². The van der Waals surface area contributed by atoms with Gasteiger partial charge in [0.2, 0.25) is 5.91 Å². The molecule has 306 valence electrons. The van der Waals surface area contributed by atoms with E-state index in [2.05, 4.69) is 78.8 Å². The molecule has 2 amide bonds. The van der Waals surface area contributed by atoms with E-state index in [9.17, 15) is 14.9 Å². The molecular formula is C46H62N6O5. The third-order valence-electron chi connectivity index (χ3n) is 13.4. The van der Waals surface area contributed by atoms with Gasteiger partial charge in [0.25, 0.3) is 5.91 Å². The van der Waals surface area contributed by atoms with Gasteiger partial charge >= 0.3 is 0 Å². The minimum absolute atomic E-state index is 0.0884. The Morgan fingerprint density at radius 2 is 1.70 bits per heavy atom. The maximum absolute atomic E-state index is 14.0. The number of hydrogen-bond donors (Lipinski definition) is 0. The van der Waals surface area contributed by atoms with Gasteiger partial charge in [-0.15, -0.1) is 0 Å². The molecule has 0 radical (unpaired) electrons. The van der Waals surface area contributed by atoms with Crippen LogP contribution in [0.4, 0.5) is 0 Å². The number of amides is 2. The number of hydrogen-bond acceptors (Lipinski definition) is 9. The van der Waals surface area contributed by atoms with Crippen molar-refractivity contribution < 1.29 is 23.8 Å². The molecule has 1 unspecified atom stereocenters. The summed E-state index contributed by atoms with van der Waals surface area (Å²) in [6.45, 7) is 20.0.